The summed E-state index contributed by atoms with van der Waals surface area (Å²) >= 11 is 0. The average Bonchev–Trinajstić information content (AvgIpc) is 2.45. The van der Waals surface area contributed by atoms with Crippen molar-refractivity contribution in [3.8, 4) is 0 Å². The third kappa shape index (κ3) is 14.6. The van der Waals surface area contributed by atoms with E-state index < -0.39 is 0 Å². The van der Waals surface area contributed by atoms with Gasteiger partial charge in [0.05, 0.1) is 4.92 Å². The molecule has 0 aromatic heterocycles. The minimum Gasteiger partial charge on any atom is -0.258 e. The van der Waals surface area contributed by atoms with Gasteiger partial charge in [0.1, 0.15) is 0 Å². The average molecular weight is 257 g/mol. The fourth-order valence-corrected chi connectivity index (χ4v) is 0.935. The maximum absolute atomic E-state index is 10.5. The molecule has 0 aliphatic heterocycles. The Morgan fingerprint density at radius 1 is 1.17 bits per heavy atom. The highest BCUT2D eigenvalue weighted by molar-refractivity contribution is 5.27. The van der Waals surface area contributed by atoms with E-state index in [0.717, 1.165) is 0 Å². The number of hydrogen-bond donors (Lipinski definition) is 0. The lowest BCUT2D eigenvalue weighted by molar-refractivity contribution is -0.421. The summed E-state index contributed by atoms with van der Waals surface area (Å²) in [5.41, 5.74) is 0.870. The Bertz CT molecular complexity index is 241. The summed E-state index contributed by atoms with van der Waals surface area (Å²) in [6.45, 7) is 19.0. The van der Waals surface area contributed by atoms with Gasteiger partial charge in [-0.15, -0.1) is 0 Å². The van der Waals surface area contributed by atoms with Crippen LogP contribution in [0, 0.1) is 10.1 Å². The van der Waals surface area contributed by atoms with Crippen LogP contribution in [0.2, 0.25) is 0 Å². The lowest BCUT2D eigenvalue weighted by Crippen LogP contribution is -2.00. The van der Waals surface area contributed by atoms with E-state index in [0.29, 0.717) is 12.0 Å². The second-order valence-electron chi connectivity index (χ2n) is 2.21. The largest absolute Gasteiger partial charge is 0.268 e. The summed E-state index contributed by atoms with van der Waals surface area (Å²) in [6, 6.07) is 0. The zero-order valence-corrected chi connectivity index (χ0v) is 13.4. The fourth-order valence-electron chi connectivity index (χ4n) is 0.935. The highest BCUT2D eigenvalue weighted by atomic mass is 16.6. The summed E-state index contributed by atoms with van der Waals surface area (Å²) < 4.78 is 0. The van der Waals surface area contributed by atoms with Crippen LogP contribution >= 0.6 is 0 Å². The Kier molecular flexibility index (Phi) is 35.0. The lowest BCUT2D eigenvalue weighted by atomic mass is 10.1. The van der Waals surface area contributed by atoms with Gasteiger partial charge in [0.2, 0.25) is 0 Å². The molecule has 0 atom stereocenters. The molecule has 0 aromatic carbocycles. The molecule has 18 heavy (non-hydrogen) atoms. The van der Waals surface area contributed by atoms with Crippen molar-refractivity contribution in [2.24, 2.45) is 0 Å². The van der Waals surface area contributed by atoms with E-state index in [4.69, 9.17) is 0 Å². The van der Waals surface area contributed by atoms with Crippen molar-refractivity contribution in [3.05, 3.63) is 46.2 Å². The normalized spacial score (nSPS) is 9.56. The van der Waals surface area contributed by atoms with E-state index in [1.165, 1.54) is 6.08 Å². The van der Waals surface area contributed by atoms with Crippen LogP contribution in [0.4, 0.5) is 0 Å². The zero-order valence-electron chi connectivity index (χ0n) is 13.4. The maximum Gasteiger partial charge on any atom is 0.268 e. The molecule has 0 saturated heterocycles. The fraction of sp³-hybridized carbons (Fsp3) is 0.600. The van der Waals surface area contributed by atoms with Crippen molar-refractivity contribution in [3.63, 3.8) is 0 Å². The van der Waals surface area contributed by atoms with Crippen molar-refractivity contribution in [2.75, 3.05) is 0 Å². The molecule has 0 saturated carbocycles. The monoisotopic (exact) mass is 257 g/mol. The Morgan fingerprint density at radius 3 is 1.72 bits per heavy atom. The smallest absolute Gasteiger partial charge is 0.258 e. The van der Waals surface area contributed by atoms with E-state index in [9.17, 15) is 10.1 Å². The molecule has 0 aromatic rings. The molecule has 0 unspecified atom stereocenters. The van der Waals surface area contributed by atoms with Crippen LogP contribution < -0.4 is 0 Å². The molecule has 0 spiro atoms. The lowest BCUT2D eigenvalue weighted by Gasteiger charge is -1.98. The third-order valence-corrected chi connectivity index (χ3v) is 1.50. The predicted octanol–water partition coefficient (Wildman–Crippen LogP) is 5.77. The van der Waals surface area contributed by atoms with E-state index in [1.807, 2.05) is 48.5 Å². The minimum absolute atomic E-state index is 0.164. The van der Waals surface area contributed by atoms with E-state index in [-0.39, 0.29) is 10.6 Å². The van der Waals surface area contributed by atoms with Crippen LogP contribution in [0.25, 0.3) is 0 Å². The Labute approximate surface area is 113 Å². The molecule has 0 aliphatic carbocycles. The standard InChI is InChI=1S/C9H13NO2.3C2H6/c1-4-7-8(5-2)9(6-3)10(11)12;3*1-2/h4,6-7H,1,5H2,2-3H3;3*1-2H3/b8-7-,9-6+;;;. The van der Waals surface area contributed by atoms with Gasteiger partial charge in [0, 0.05) is 5.57 Å². The van der Waals surface area contributed by atoms with Gasteiger partial charge < -0.3 is 0 Å². The van der Waals surface area contributed by atoms with Crippen LogP contribution in [0.15, 0.2) is 36.1 Å². The van der Waals surface area contributed by atoms with Crippen LogP contribution in [0.1, 0.15) is 61.8 Å². The van der Waals surface area contributed by atoms with Crippen LogP contribution in [0.5, 0.6) is 0 Å². The van der Waals surface area contributed by atoms with E-state index >= 15 is 0 Å². The first kappa shape index (κ1) is 25.5. The quantitative estimate of drug-likeness (QED) is 0.364. The highest BCUT2D eigenvalue weighted by Gasteiger charge is 2.12. The van der Waals surface area contributed by atoms with Gasteiger partial charge in [-0.05, 0) is 19.4 Å². The van der Waals surface area contributed by atoms with Gasteiger partial charge in [-0.25, -0.2) is 0 Å². The molecule has 0 rings (SSSR count). The number of rotatable bonds is 4. The summed E-state index contributed by atoms with van der Waals surface area (Å²) in [6.07, 6.45) is 5.37. The number of hydrogen-bond acceptors (Lipinski definition) is 2. The summed E-state index contributed by atoms with van der Waals surface area (Å²) in [4.78, 5) is 10.1. The molecular weight excluding hydrogens is 226 g/mol. The zero-order chi connectivity index (χ0) is 15.6. The van der Waals surface area contributed by atoms with Crippen molar-refractivity contribution in [1.82, 2.24) is 0 Å². The van der Waals surface area contributed by atoms with Gasteiger partial charge in [-0.1, -0.05) is 67.2 Å². The van der Waals surface area contributed by atoms with Crippen molar-refractivity contribution in [1.29, 1.82) is 0 Å². The highest BCUT2D eigenvalue weighted by Crippen LogP contribution is 2.13. The molecule has 0 fully saturated rings. The van der Waals surface area contributed by atoms with Crippen molar-refractivity contribution >= 4 is 0 Å². The van der Waals surface area contributed by atoms with Crippen LogP contribution in [-0.2, 0) is 0 Å². The van der Waals surface area contributed by atoms with Crippen molar-refractivity contribution in [2.45, 2.75) is 61.8 Å². The summed E-state index contributed by atoms with van der Waals surface area (Å²) in [5, 5.41) is 10.5. The topological polar surface area (TPSA) is 43.1 Å². The predicted molar refractivity (Wildman–Crippen MR) is 83.4 cm³/mol. The first-order chi connectivity index (χ1) is 8.67. The number of nitrogens with zero attached hydrogens (tertiary/aromatic N) is 1. The Hall–Kier alpha value is -1.38. The van der Waals surface area contributed by atoms with E-state index in [1.54, 1.807) is 19.1 Å². The van der Waals surface area contributed by atoms with Gasteiger partial charge in [-0.2, -0.15) is 0 Å². The minimum atomic E-state index is -0.376. The van der Waals surface area contributed by atoms with Crippen LogP contribution in [-0.4, -0.2) is 4.92 Å². The van der Waals surface area contributed by atoms with Gasteiger partial charge >= 0.3 is 0 Å². The Morgan fingerprint density at radius 2 is 1.56 bits per heavy atom. The molecule has 0 amide bonds. The second kappa shape index (κ2) is 24.7. The SMILES string of the molecule is C=C/C=C(CC)\C(=C/C)[N+](=O)[O-].CC.CC.CC. The molecule has 0 N–H and O–H groups in total. The molecular formula is C15H31NO2. The number of allylic oxidation sites excluding steroid dienone is 4. The first-order valence-corrected chi connectivity index (χ1v) is 6.80. The van der Waals surface area contributed by atoms with Gasteiger partial charge in [0.15, 0.2) is 0 Å². The van der Waals surface area contributed by atoms with E-state index in [2.05, 4.69) is 6.58 Å². The summed E-state index contributed by atoms with van der Waals surface area (Å²) in [5.74, 6) is 0. The molecule has 0 aliphatic rings. The molecule has 0 radical (unpaired) electrons. The van der Waals surface area contributed by atoms with Gasteiger partial charge in [-0.3, -0.25) is 10.1 Å². The molecule has 108 valence electrons. The summed E-state index contributed by atoms with van der Waals surface area (Å²) in [7, 11) is 0. The molecule has 3 nitrogen and oxygen atoms in total. The molecule has 3 heteroatoms. The molecule has 0 bridgehead atoms. The maximum atomic E-state index is 10.5. The van der Waals surface area contributed by atoms with Crippen LogP contribution in [0.3, 0.4) is 0 Å². The van der Waals surface area contributed by atoms with Crippen molar-refractivity contribution < 1.29 is 4.92 Å². The third-order valence-electron chi connectivity index (χ3n) is 1.50. The Balaban J connectivity index is -0.000000141. The second-order valence-corrected chi connectivity index (χ2v) is 2.21. The first-order valence-electron chi connectivity index (χ1n) is 6.80. The van der Waals surface area contributed by atoms with Gasteiger partial charge in [0.25, 0.3) is 5.70 Å². The number of nitro groups is 1. The molecule has 0 heterocycles.